The number of hydrogen-bond donors (Lipinski definition) is 1. The Morgan fingerprint density at radius 2 is 1.50 bits per heavy atom. The minimum Gasteiger partial charge on any atom is -0.550 e. The van der Waals surface area contributed by atoms with Gasteiger partial charge in [-0.25, -0.2) is 0 Å². The van der Waals surface area contributed by atoms with Crippen LogP contribution < -0.4 is 10.4 Å². The number of rotatable bonds is 5. The van der Waals surface area contributed by atoms with E-state index in [-0.39, 0.29) is 18.7 Å². The number of nitrogens with one attached hydrogen (secondary N) is 1. The minimum atomic E-state index is -1.14. The maximum absolute atomic E-state index is 12.5. The van der Waals surface area contributed by atoms with Gasteiger partial charge in [-0.2, -0.15) is 0 Å². The highest BCUT2D eigenvalue weighted by Gasteiger charge is 2.23. The third-order valence-corrected chi connectivity index (χ3v) is 5.09. The Hall–Kier alpha value is -2.18. The number of halogens is 2. The van der Waals surface area contributed by atoms with Gasteiger partial charge >= 0.3 is 0 Å². The lowest BCUT2D eigenvalue weighted by atomic mass is 9.95. The van der Waals surface area contributed by atoms with Crippen molar-refractivity contribution in [3.8, 4) is 0 Å². The largest absolute Gasteiger partial charge is 0.550 e. The lowest BCUT2D eigenvalue weighted by Crippen LogP contribution is -2.22. The van der Waals surface area contributed by atoms with E-state index in [9.17, 15) is 14.7 Å². The highest BCUT2D eigenvalue weighted by atomic mass is 79.9. The molecule has 0 spiro atoms. The summed E-state index contributed by atoms with van der Waals surface area (Å²) in [4.78, 5) is 23.5. The molecule has 0 radical (unpaired) electrons. The first-order valence-corrected chi connectivity index (χ1v) is 9.50. The van der Waals surface area contributed by atoms with Gasteiger partial charge in [-0.05, 0) is 59.9 Å². The second kappa shape index (κ2) is 8.01. The fourth-order valence-electron chi connectivity index (χ4n) is 2.76. The number of benzene rings is 2. The van der Waals surface area contributed by atoms with Crippen molar-refractivity contribution in [2.24, 2.45) is 0 Å². The fraction of sp³-hybridized carbons (Fsp3) is 0.100. The Kier molecular flexibility index (Phi) is 5.74. The van der Waals surface area contributed by atoms with Gasteiger partial charge in [-0.3, -0.25) is 4.79 Å². The Labute approximate surface area is 167 Å². The molecule has 0 aliphatic carbocycles. The van der Waals surface area contributed by atoms with E-state index in [1.165, 1.54) is 0 Å². The van der Waals surface area contributed by atoms with E-state index in [1.54, 1.807) is 6.08 Å². The summed E-state index contributed by atoms with van der Waals surface area (Å²) < 4.78 is 1.86. The molecule has 1 aliphatic heterocycles. The number of carboxylic acids is 1. The van der Waals surface area contributed by atoms with Crippen LogP contribution in [0.5, 0.6) is 0 Å². The summed E-state index contributed by atoms with van der Waals surface area (Å²) in [6.07, 6.45) is 1.85. The molecular weight excluding hydrogens is 462 g/mol. The number of allylic oxidation sites excluding steroid dienone is 1. The van der Waals surface area contributed by atoms with E-state index in [1.807, 2.05) is 48.5 Å². The lowest BCUT2D eigenvalue weighted by molar-refractivity contribution is -0.305. The molecule has 0 fully saturated rings. The Bertz CT molecular complexity index is 913. The second-order valence-corrected chi connectivity index (χ2v) is 7.62. The number of carbonyl (C=O) groups is 2. The molecule has 26 heavy (non-hydrogen) atoms. The zero-order chi connectivity index (χ0) is 18.7. The molecular formula is C20H14Br2NO3-. The van der Waals surface area contributed by atoms with Gasteiger partial charge in [-0.1, -0.05) is 56.1 Å². The Morgan fingerprint density at radius 3 is 2.08 bits per heavy atom. The van der Waals surface area contributed by atoms with Crippen molar-refractivity contribution >= 4 is 55.0 Å². The first kappa shape index (κ1) is 18.6. The summed E-state index contributed by atoms with van der Waals surface area (Å²) >= 11 is 6.77. The average molecular weight is 476 g/mol. The van der Waals surface area contributed by atoms with Gasteiger partial charge in [0.1, 0.15) is 0 Å². The fourth-order valence-corrected chi connectivity index (χ4v) is 3.29. The van der Waals surface area contributed by atoms with Gasteiger partial charge in [0.25, 0.3) is 5.91 Å². The molecule has 0 saturated heterocycles. The van der Waals surface area contributed by atoms with Crippen LogP contribution in [0.1, 0.15) is 24.0 Å². The minimum absolute atomic E-state index is 0.149. The van der Waals surface area contributed by atoms with Crippen LogP contribution in [0.15, 0.2) is 69.1 Å². The standard InChI is InChI=1S/C20H15Br2NO3/c21-14-5-1-12(2-6-14)16(9-10-19(24)25)17-11-18(23-20(17)26)13-3-7-15(22)8-4-13/h1-8,11H,9-10H2,(H,23,26)(H,24,25)/p-1/b17-16+. The van der Waals surface area contributed by atoms with Crippen molar-refractivity contribution < 1.29 is 14.7 Å². The van der Waals surface area contributed by atoms with Crippen LogP contribution in [0.4, 0.5) is 0 Å². The molecule has 0 saturated carbocycles. The van der Waals surface area contributed by atoms with Crippen molar-refractivity contribution in [3.05, 3.63) is 80.3 Å². The van der Waals surface area contributed by atoms with Crippen LogP contribution in [0.3, 0.4) is 0 Å². The third kappa shape index (κ3) is 4.31. The van der Waals surface area contributed by atoms with E-state index in [0.29, 0.717) is 16.8 Å². The number of aliphatic carboxylic acids is 1. The van der Waals surface area contributed by atoms with Crippen LogP contribution in [0.2, 0.25) is 0 Å². The van der Waals surface area contributed by atoms with Crippen molar-refractivity contribution in [3.63, 3.8) is 0 Å². The van der Waals surface area contributed by atoms with Crippen LogP contribution >= 0.6 is 31.9 Å². The quantitative estimate of drug-likeness (QED) is 0.671. The molecule has 1 heterocycles. The summed E-state index contributed by atoms with van der Waals surface area (Å²) in [5.74, 6) is -1.38. The summed E-state index contributed by atoms with van der Waals surface area (Å²) in [5.41, 5.74) is 3.55. The number of carbonyl (C=O) groups excluding carboxylic acids is 2. The molecule has 2 aromatic rings. The number of carboxylic acid groups (broad SMARTS) is 1. The molecule has 132 valence electrons. The average Bonchev–Trinajstić information content (AvgIpc) is 2.99. The van der Waals surface area contributed by atoms with Gasteiger partial charge in [0.15, 0.2) is 0 Å². The third-order valence-electron chi connectivity index (χ3n) is 4.03. The lowest BCUT2D eigenvalue weighted by Gasteiger charge is -2.11. The maximum atomic E-state index is 12.5. The molecule has 1 N–H and O–H groups in total. The molecule has 2 aromatic carbocycles. The molecule has 3 rings (SSSR count). The summed E-state index contributed by atoms with van der Waals surface area (Å²) in [6, 6.07) is 15.0. The first-order valence-electron chi connectivity index (χ1n) is 7.92. The van der Waals surface area contributed by atoms with E-state index < -0.39 is 5.97 Å². The van der Waals surface area contributed by atoms with Crippen LogP contribution in [-0.4, -0.2) is 11.9 Å². The first-order chi connectivity index (χ1) is 12.4. The van der Waals surface area contributed by atoms with Crippen LogP contribution in [0.25, 0.3) is 11.3 Å². The Morgan fingerprint density at radius 1 is 0.923 bits per heavy atom. The highest BCUT2D eigenvalue weighted by molar-refractivity contribution is 9.10. The van der Waals surface area contributed by atoms with Crippen molar-refractivity contribution in [2.75, 3.05) is 0 Å². The smallest absolute Gasteiger partial charge is 0.256 e. The zero-order valence-corrected chi connectivity index (χ0v) is 16.8. The SMILES string of the molecule is O=C([O-])CC/C(=C1/C=C(c2ccc(Br)cc2)NC1=O)c1ccc(Br)cc1. The highest BCUT2D eigenvalue weighted by Crippen LogP contribution is 2.31. The molecule has 4 nitrogen and oxygen atoms in total. The van der Waals surface area contributed by atoms with Crippen molar-refractivity contribution in [1.29, 1.82) is 0 Å². The molecule has 0 bridgehead atoms. The maximum Gasteiger partial charge on any atom is 0.256 e. The molecule has 6 heteroatoms. The summed E-state index contributed by atoms with van der Waals surface area (Å²) in [5, 5.41) is 13.8. The summed E-state index contributed by atoms with van der Waals surface area (Å²) in [7, 11) is 0. The normalized spacial score (nSPS) is 15.5. The molecule has 1 amide bonds. The zero-order valence-electron chi connectivity index (χ0n) is 13.6. The van der Waals surface area contributed by atoms with E-state index in [0.717, 1.165) is 20.1 Å². The van der Waals surface area contributed by atoms with Gasteiger partial charge in [0, 0.05) is 26.2 Å². The topological polar surface area (TPSA) is 69.2 Å². The van der Waals surface area contributed by atoms with Gasteiger partial charge in [0.05, 0.1) is 0 Å². The molecule has 0 atom stereocenters. The Balaban J connectivity index is 2.05. The second-order valence-electron chi connectivity index (χ2n) is 5.79. The van der Waals surface area contributed by atoms with Gasteiger partial charge in [0.2, 0.25) is 0 Å². The monoisotopic (exact) mass is 474 g/mol. The van der Waals surface area contributed by atoms with E-state index >= 15 is 0 Å². The predicted octanol–water partition coefficient (Wildman–Crippen LogP) is 3.67. The molecule has 0 unspecified atom stereocenters. The molecule has 0 aromatic heterocycles. The van der Waals surface area contributed by atoms with Gasteiger partial charge < -0.3 is 15.2 Å². The van der Waals surface area contributed by atoms with E-state index in [4.69, 9.17) is 0 Å². The number of hydrogen-bond acceptors (Lipinski definition) is 3. The predicted molar refractivity (Wildman–Crippen MR) is 106 cm³/mol. The summed E-state index contributed by atoms with van der Waals surface area (Å²) in [6.45, 7) is 0. The van der Waals surface area contributed by atoms with Crippen LogP contribution in [0, 0.1) is 0 Å². The molecule has 1 aliphatic rings. The van der Waals surface area contributed by atoms with Gasteiger partial charge in [-0.15, -0.1) is 0 Å². The van der Waals surface area contributed by atoms with Crippen molar-refractivity contribution in [2.45, 2.75) is 12.8 Å². The number of amides is 1. The van der Waals surface area contributed by atoms with Crippen molar-refractivity contribution in [1.82, 2.24) is 5.32 Å². The van der Waals surface area contributed by atoms with E-state index in [2.05, 4.69) is 37.2 Å². The van der Waals surface area contributed by atoms with Crippen LogP contribution in [-0.2, 0) is 9.59 Å².